The third-order valence-corrected chi connectivity index (χ3v) is 8.36. The molecule has 12 heteroatoms. The first-order valence-electron chi connectivity index (χ1n) is 12.7. The zero-order valence-electron chi connectivity index (χ0n) is 22.1. The first-order valence-corrected chi connectivity index (χ1v) is 12.7. The first-order chi connectivity index (χ1) is 18.4. The van der Waals surface area contributed by atoms with E-state index >= 15 is 0 Å². The second-order valence-electron chi connectivity index (χ2n) is 10.5. The smallest absolute Gasteiger partial charge is 0.353 e. The lowest BCUT2D eigenvalue weighted by molar-refractivity contribution is -0.178. The molecule has 1 aromatic carbocycles. The minimum Gasteiger partial charge on any atom is -0.493 e. The molecule has 4 aliphatic rings. The molecule has 2 N–H and O–H groups in total. The van der Waals surface area contributed by atoms with Crippen LogP contribution in [0.5, 0.6) is 11.5 Å². The number of benzene rings is 1. The van der Waals surface area contributed by atoms with Crippen LogP contribution in [-0.2, 0) is 45.2 Å². The van der Waals surface area contributed by atoms with Crippen LogP contribution in [0.3, 0.4) is 0 Å². The maximum absolute atomic E-state index is 13.2. The van der Waals surface area contributed by atoms with Gasteiger partial charge in [-0.15, -0.1) is 0 Å². The van der Waals surface area contributed by atoms with Gasteiger partial charge in [0.25, 0.3) is 0 Å². The van der Waals surface area contributed by atoms with Crippen molar-refractivity contribution >= 4 is 23.9 Å². The van der Waals surface area contributed by atoms with E-state index in [0.717, 1.165) is 25.0 Å². The maximum atomic E-state index is 13.2. The highest BCUT2D eigenvalue weighted by Crippen LogP contribution is 2.65. The van der Waals surface area contributed by atoms with E-state index in [-0.39, 0.29) is 18.2 Å². The molecule has 2 heterocycles. The Morgan fingerprint density at radius 3 is 2.64 bits per heavy atom. The largest absolute Gasteiger partial charge is 0.493 e. The van der Waals surface area contributed by atoms with Crippen molar-refractivity contribution in [2.24, 2.45) is 0 Å². The van der Waals surface area contributed by atoms with Crippen LogP contribution in [0.1, 0.15) is 44.2 Å². The average Bonchev–Trinajstić information content (AvgIpc) is 3.22. The normalized spacial score (nSPS) is 29.6. The van der Waals surface area contributed by atoms with Gasteiger partial charge in [0.15, 0.2) is 23.7 Å². The van der Waals surface area contributed by atoms with Gasteiger partial charge in [-0.05, 0) is 51.1 Å². The number of carboxylic acid groups (broad SMARTS) is 1. The standard InChI is InChI=1S/C27H31NO11/c1-13(24(31)32)36-20(30)12-18(37-14(2)29)25(33)38-17-7-8-27(34)19-11-15-5-6-16(35-4)22-21(15)26(27,23(17)39-22)9-10-28(19)3/h5-7,13,18-19,23,34H,8-12H2,1-4H3,(H,31,32)/t13?,18?,19-,23+,26+,27-/m1/s1. The maximum Gasteiger partial charge on any atom is 0.353 e. The third kappa shape index (κ3) is 4.04. The van der Waals surface area contributed by atoms with Crippen molar-refractivity contribution in [3.8, 4) is 11.5 Å². The fourth-order valence-corrected chi connectivity index (χ4v) is 6.59. The molecule has 2 aliphatic carbocycles. The van der Waals surface area contributed by atoms with Gasteiger partial charge in [0.2, 0.25) is 6.10 Å². The summed E-state index contributed by atoms with van der Waals surface area (Å²) in [5.74, 6) is -3.20. The molecule has 0 aromatic heterocycles. The molecule has 1 fully saturated rings. The summed E-state index contributed by atoms with van der Waals surface area (Å²) in [6.07, 6.45) is -1.83. The predicted molar refractivity (Wildman–Crippen MR) is 131 cm³/mol. The summed E-state index contributed by atoms with van der Waals surface area (Å²) in [4.78, 5) is 50.4. The van der Waals surface area contributed by atoms with Gasteiger partial charge >= 0.3 is 23.9 Å². The lowest BCUT2D eigenvalue weighted by Crippen LogP contribution is -2.74. The van der Waals surface area contributed by atoms with Crippen molar-refractivity contribution in [2.75, 3.05) is 20.7 Å². The predicted octanol–water partition coefficient (Wildman–Crippen LogP) is 0.854. The van der Waals surface area contributed by atoms with E-state index in [1.807, 2.05) is 19.2 Å². The van der Waals surface area contributed by atoms with Crippen LogP contribution >= 0.6 is 0 Å². The van der Waals surface area contributed by atoms with Gasteiger partial charge in [0.1, 0.15) is 5.76 Å². The summed E-state index contributed by atoms with van der Waals surface area (Å²) in [6.45, 7) is 2.90. The van der Waals surface area contributed by atoms with Crippen molar-refractivity contribution in [1.29, 1.82) is 0 Å². The van der Waals surface area contributed by atoms with E-state index in [1.54, 1.807) is 6.08 Å². The zero-order chi connectivity index (χ0) is 28.3. The molecule has 39 heavy (non-hydrogen) atoms. The highest BCUT2D eigenvalue weighted by molar-refractivity contribution is 5.86. The minimum absolute atomic E-state index is 0.128. The number of methoxy groups -OCH3 is 1. The van der Waals surface area contributed by atoms with Gasteiger partial charge in [-0.3, -0.25) is 9.59 Å². The molecule has 2 bridgehead atoms. The number of nitrogens with zero attached hydrogens (tertiary/aromatic N) is 1. The molecule has 6 atom stereocenters. The lowest BCUT2D eigenvalue weighted by atomic mass is 9.50. The molecule has 2 aliphatic heterocycles. The zero-order valence-corrected chi connectivity index (χ0v) is 22.1. The Morgan fingerprint density at radius 2 is 1.97 bits per heavy atom. The molecular weight excluding hydrogens is 514 g/mol. The van der Waals surface area contributed by atoms with E-state index < -0.39 is 59.6 Å². The Hall–Kier alpha value is -3.64. The van der Waals surface area contributed by atoms with Crippen LogP contribution in [0.25, 0.3) is 0 Å². The van der Waals surface area contributed by atoms with Crippen LogP contribution in [-0.4, -0.2) is 89.6 Å². The summed E-state index contributed by atoms with van der Waals surface area (Å²) >= 11 is 0. The van der Waals surface area contributed by atoms with Crippen LogP contribution in [0.15, 0.2) is 24.0 Å². The molecule has 2 unspecified atom stereocenters. The van der Waals surface area contributed by atoms with Crippen molar-refractivity contribution in [3.05, 3.63) is 35.1 Å². The van der Waals surface area contributed by atoms with E-state index in [0.29, 0.717) is 30.9 Å². The number of carbonyl (C=O) groups excluding carboxylic acids is 3. The Balaban J connectivity index is 1.47. The number of esters is 3. The monoisotopic (exact) mass is 545 g/mol. The number of hydrogen-bond acceptors (Lipinski definition) is 11. The van der Waals surface area contributed by atoms with E-state index in [1.165, 1.54) is 7.11 Å². The van der Waals surface area contributed by atoms with Crippen molar-refractivity contribution in [3.63, 3.8) is 0 Å². The number of carboxylic acids is 1. The van der Waals surface area contributed by atoms with Crippen LogP contribution < -0.4 is 9.47 Å². The van der Waals surface area contributed by atoms with E-state index in [4.69, 9.17) is 28.8 Å². The molecule has 0 radical (unpaired) electrons. The van der Waals surface area contributed by atoms with Gasteiger partial charge in [-0.25, -0.2) is 9.59 Å². The molecule has 210 valence electrons. The number of likely N-dealkylation sites (N-methyl/N-ethyl adjacent to an activating group) is 1. The van der Waals surface area contributed by atoms with Gasteiger partial charge in [0, 0.05) is 24.9 Å². The lowest BCUT2D eigenvalue weighted by Gasteiger charge is -2.61. The molecule has 0 amide bonds. The minimum atomic E-state index is -1.68. The highest BCUT2D eigenvalue weighted by atomic mass is 16.6. The summed E-state index contributed by atoms with van der Waals surface area (Å²) in [5.41, 5.74) is -0.256. The van der Waals surface area contributed by atoms with Crippen molar-refractivity contribution < 1.29 is 53.1 Å². The van der Waals surface area contributed by atoms with Crippen LogP contribution in [0.4, 0.5) is 0 Å². The van der Waals surface area contributed by atoms with Crippen LogP contribution in [0, 0.1) is 0 Å². The average molecular weight is 546 g/mol. The number of rotatable bonds is 8. The van der Waals surface area contributed by atoms with Gasteiger partial charge in [-0.1, -0.05) is 6.07 Å². The highest BCUT2D eigenvalue weighted by Gasteiger charge is 2.72. The summed E-state index contributed by atoms with van der Waals surface area (Å²) in [5, 5.41) is 21.2. The van der Waals surface area contributed by atoms with Gasteiger partial charge in [-0.2, -0.15) is 0 Å². The molecule has 1 aromatic rings. The van der Waals surface area contributed by atoms with Crippen molar-refractivity contribution in [1.82, 2.24) is 4.90 Å². The number of aliphatic hydroxyl groups is 1. The number of piperidine rings is 1. The Kier molecular flexibility index (Phi) is 6.58. The summed E-state index contributed by atoms with van der Waals surface area (Å²) < 4.78 is 27.5. The van der Waals surface area contributed by atoms with E-state index in [2.05, 4.69) is 4.90 Å². The number of hydrogen-bond donors (Lipinski definition) is 2. The second kappa shape index (κ2) is 9.53. The van der Waals surface area contributed by atoms with E-state index in [9.17, 15) is 24.3 Å². The first kappa shape index (κ1) is 26.9. The fraction of sp³-hybridized carbons (Fsp3) is 0.556. The number of likely N-dealkylation sites (tertiary alicyclic amines) is 1. The topological polar surface area (TPSA) is 158 Å². The Bertz CT molecular complexity index is 1270. The SMILES string of the molecule is COc1ccc2c3c1O[C@H]1C(OC(=O)C(CC(=O)OC(C)C(=O)O)OC(C)=O)=CC[C@@]4(O)[C@@H](C2)N(C)CC[C@]314. The fourth-order valence-electron chi connectivity index (χ4n) is 6.59. The molecule has 1 saturated heterocycles. The second-order valence-corrected chi connectivity index (χ2v) is 10.5. The third-order valence-electron chi connectivity index (χ3n) is 8.36. The molecule has 12 nitrogen and oxygen atoms in total. The number of aliphatic carboxylic acids is 1. The van der Waals surface area contributed by atoms with Crippen molar-refractivity contribution in [2.45, 2.75) is 74.9 Å². The number of ether oxygens (including phenoxy) is 5. The quantitative estimate of drug-likeness (QED) is 0.351. The molecule has 0 saturated carbocycles. The Morgan fingerprint density at radius 1 is 1.23 bits per heavy atom. The number of carbonyl (C=O) groups is 4. The molecule has 1 spiro atoms. The molecular formula is C27H31NO11. The van der Waals surface area contributed by atoms with Gasteiger partial charge in [0.05, 0.1) is 24.5 Å². The summed E-state index contributed by atoms with van der Waals surface area (Å²) in [6, 6.07) is 3.59. The van der Waals surface area contributed by atoms with Crippen LogP contribution in [0.2, 0.25) is 0 Å². The summed E-state index contributed by atoms with van der Waals surface area (Å²) in [7, 11) is 3.50. The molecule has 5 rings (SSSR count). The Labute approximate surface area is 224 Å². The van der Waals surface area contributed by atoms with Gasteiger partial charge < -0.3 is 38.8 Å².